The molecule has 5 heteroatoms. The quantitative estimate of drug-likeness (QED) is 0.471. The average Bonchev–Trinajstić information content (AvgIpc) is 3.19. The molecule has 0 saturated carbocycles. The van der Waals surface area contributed by atoms with Gasteiger partial charge in [-0.3, -0.25) is 4.79 Å². The lowest BCUT2D eigenvalue weighted by molar-refractivity contribution is -0.121. The molecule has 0 radical (unpaired) electrons. The van der Waals surface area contributed by atoms with E-state index in [1.807, 2.05) is 84.5 Å². The molecule has 150 valence electrons. The minimum absolute atomic E-state index is 0.0644. The third-order valence-electron chi connectivity index (χ3n) is 5.05. The number of carbonyl (C=O) groups is 1. The van der Waals surface area contributed by atoms with Gasteiger partial charge in [0.05, 0.1) is 6.42 Å². The second-order valence-electron chi connectivity index (χ2n) is 7.19. The summed E-state index contributed by atoms with van der Waals surface area (Å²) in [6, 6.07) is 25.4. The van der Waals surface area contributed by atoms with E-state index in [2.05, 4.69) is 22.4 Å². The number of rotatable bonds is 6. The topological polar surface area (TPSA) is 46.9 Å². The number of hydrogen-bond donors (Lipinski definition) is 1. The zero-order valence-corrected chi connectivity index (χ0v) is 17.4. The molecular weight excluding hydrogens is 394 g/mol. The molecule has 0 aliphatic rings. The number of benzene rings is 3. The van der Waals surface area contributed by atoms with E-state index in [1.165, 1.54) is 0 Å². The van der Waals surface area contributed by atoms with Gasteiger partial charge in [-0.15, -0.1) is 0 Å². The first-order valence-electron chi connectivity index (χ1n) is 9.76. The van der Waals surface area contributed by atoms with Crippen LogP contribution in [0.3, 0.4) is 0 Å². The summed E-state index contributed by atoms with van der Waals surface area (Å²) in [5.74, 6) is 0.704. The zero-order valence-electron chi connectivity index (χ0n) is 16.6. The molecule has 0 bridgehead atoms. The van der Waals surface area contributed by atoms with E-state index >= 15 is 0 Å². The number of aryl methyl sites for hydroxylation is 1. The van der Waals surface area contributed by atoms with Crippen LogP contribution in [0, 0.1) is 0 Å². The largest absolute Gasteiger partial charge is 0.342 e. The van der Waals surface area contributed by atoms with Crippen LogP contribution in [0.15, 0.2) is 91.3 Å². The zero-order chi connectivity index (χ0) is 20.9. The van der Waals surface area contributed by atoms with E-state index in [0.29, 0.717) is 11.4 Å². The van der Waals surface area contributed by atoms with Crippen molar-refractivity contribution < 1.29 is 4.79 Å². The SMILES string of the molecule is Cn1ccnc1[C@H](NC(=O)Cc1ccc(-c2ccccc2)cc1)c1ccc(Cl)cc1. The molecule has 1 N–H and O–H groups in total. The number of hydrogen-bond acceptors (Lipinski definition) is 2. The molecule has 30 heavy (non-hydrogen) atoms. The molecule has 0 fully saturated rings. The Bertz CT molecular complexity index is 1120. The maximum absolute atomic E-state index is 12.9. The van der Waals surface area contributed by atoms with E-state index in [1.54, 1.807) is 6.20 Å². The Labute approximate surface area is 181 Å². The fraction of sp³-hybridized carbons (Fsp3) is 0.120. The van der Waals surface area contributed by atoms with Crippen molar-refractivity contribution in [1.82, 2.24) is 14.9 Å². The molecule has 0 unspecified atom stereocenters. The van der Waals surface area contributed by atoms with Gasteiger partial charge in [0.2, 0.25) is 5.91 Å². The van der Waals surface area contributed by atoms with Gasteiger partial charge in [-0.2, -0.15) is 0 Å². The number of aromatic nitrogens is 2. The molecule has 0 aliphatic heterocycles. The van der Waals surface area contributed by atoms with E-state index in [4.69, 9.17) is 11.6 Å². The summed E-state index contributed by atoms with van der Waals surface area (Å²) in [6.07, 6.45) is 3.89. The summed E-state index contributed by atoms with van der Waals surface area (Å²) in [4.78, 5) is 17.3. The predicted octanol–water partition coefficient (Wildman–Crippen LogP) is 5.19. The number of halogens is 1. The third-order valence-corrected chi connectivity index (χ3v) is 5.30. The van der Waals surface area contributed by atoms with Gasteiger partial charge < -0.3 is 9.88 Å². The summed E-state index contributed by atoms with van der Waals surface area (Å²) in [5, 5.41) is 3.78. The monoisotopic (exact) mass is 415 g/mol. The Kier molecular flexibility index (Phi) is 5.96. The van der Waals surface area contributed by atoms with Crippen molar-refractivity contribution in [1.29, 1.82) is 0 Å². The molecule has 1 aromatic heterocycles. The van der Waals surface area contributed by atoms with Crippen LogP contribution in [0.25, 0.3) is 11.1 Å². The molecular formula is C25H22ClN3O. The highest BCUT2D eigenvalue weighted by molar-refractivity contribution is 6.30. The third kappa shape index (κ3) is 4.61. The number of nitrogens with zero attached hydrogens (tertiary/aromatic N) is 2. The lowest BCUT2D eigenvalue weighted by Gasteiger charge is -2.19. The Morgan fingerprint density at radius 3 is 2.27 bits per heavy atom. The van der Waals surface area contributed by atoms with Gasteiger partial charge in [-0.25, -0.2) is 4.98 Å². The number of imidazole rings is 1. The first-order valence-corrected chi connectivity index (χ1v) is 10.1. The standard InChI is InChI=1S/C25H22ClN3O/c1-29-16-15-27-25(29)24(21-11-13-22(26)14-12-21)28-23(30)17-18-7-9-20(10-8-18)19-5-3-2-4-6-19/h2-16,24H,17H2,1H3,(H,28,30)/t24-/m1/s1. The fourth-order valence-corrected chi connectivity index (χ4v) is 3.58. The Balaban J connectivity index is 1.50. The normalized spacial score (nSPS) is 11.8. The summed E-state index contributed by atoms with van der Waals surface area (Å²) >= 11 is 6.03. The molecule has 3 aromatic carbocycles. The van der Waals surface area contributed by atoms with Gasteiger partial charge >= 0.3 is 0 Å². The molecule has 0 saturated heterocycles. The van der Waals surface area contributed by atoms with E-state index in [9.17, 15) is 4.79 Å². The molecule has 0 aliphatic carbocycles. The average molecular weight is 416 g/mol. The van der Waals surface area contributed by atoms with E-state index in [0.717, 1.165) is 28.1 Å². The molecule has 0 spiro atoms. The lowest BCUT2D eigenvalue weighted by Crippen LogP contribution is -2.32. The van der Waals surface area contributed by atoms with Crippen LogP contribution >= 0.6 is 11.6 Å². The first kappa shape index (κ1) is 19.9. The summed E-state index contributed by atoms with van der Waals surface area (Å²) in [6.45, 7) is 0. The van der Waals surface area contributed by atoms with Crippen LogP contribution in [-0.4, -0.2) is 15.5 Å². The van der Waals surface area contributed by atoms with E-state index < -0.39 is 0 Å². The maximum Gasteiger partial charge on any atom is 0.225 e. The van der Waals surface area contributed by atoms with Crippen molar-refractivity contribution >= 4 is 17.5 Å². The summed E-state index contributed by atoms with van der Waals surface area (Å²) in [7, 11) is 1.92. The molecule has 1 atom stereocenters. The lowest BCUT2D eigenvalue weighted by atomic mass is 10.0. The highest BCUT2D eigenvalue weighted by Gasteiger charge is 2.20. The highest BCUT2D eigenvalue weighted by Crippen LogP contribution is 2.23. The van der Waals surface area contributed by atoms with Crippen molar-refractivity contribution in [2.24, 2.45) is 7.05 Å². The van der Waals surface area contributed by atoms with Crippen molar-refractivity contribution in [3.63, 3.8) is 0 Å². The maximum atomic E-state index is 12.9. The smallest absolute Gasteiger partial charge is 0.225 e. The van der Waals surface area contributed by atoms with E-state index in [-0.39, 0.29) is 11.9 Å². The van der Waals surface area contributed by atoms with Crippen molar-refractivity contribution in [3.8, 4) is 11.1 Å². The predicted molar refractivity (Wildman–Crippen MR) is 120 cm³/mol. The van der Waals surface area contributed by atoms with Gasteiger partial charge in [0.1, 0.15) is 11.9 Å². The number of nitrogens with one attached hydrogen (secondary N) is 1. The van der Waals surface area contributed by atoms with Crippen LogP contribution in [0.4, 0.5) is 0 Å². The van der Waals surface area contributed by atoms with Crippen LogP contribution in [-0.2, 0) is 18.3 Å². The minimum Gasteiger partial charge on any atom is -0.342 e. The van der Waals surface area contributed by atoms with Gasteiger partial charge in [0, 0.05) is 24.5 Å². The molecule has 4 nitrogen and oxygen atoms in total. The van der Waals surface area contributed by atoms with Crippen LogP contribution in [0.1, 0.15) is 23.0 Å². The van der Waals surface area contributed by atoms with Crippen molar-refractivity contribution in [2.75, 3.05) is 0 Å². The van der Waals surface area contributed by atoms with Gasteiger partial charge in [0.15, 0.2) is 0 Å². The molecule has 1 heterocycles. The van der Waals surface area contributed by atoms with Crippen LogP contribution in [0.2, 0.25) is 5.02 Å². The van der Waals surface area contributed by atoms with Gasteiger partial charge in [0.25, 0.3) is 0 Å². The Morgan fingerprint density at radius 1 is 0.967 bits per heavy atom. The molecule has 4 rings (SSSR count). The van der Waals surface area contributed by atoms with Crippen LogP contribution in [0.5, 0.6) is 0 Å². The van der Waals surface area contributed by atoms with Crippen LogP contribution < -0.4 is 5.32 Å². The molecule has 4 aromatic rings. The Morgan fingerprint density at radius 2 is 1.63 bits per heavy atom. The van der Waals surface area contributed by atoms with Crippen molar-refractivity contribution in [3.05, 3.63) is 113 Å². The number of amides is 1. The summed E-state index contributed by atoms with van der Waals surface area (Å²) in [5.41, 5.74) is 4.18. The first-order chi connectivity index (χ1) is 14.6. The van der Waals surface area contributed by atoms with Gasteiger partial charge in [-0.05, 0) is 34.4 Å². The Hall–Kier alpha value is -3.37. The summed E-state index contributed by atoms with van der Waals surface area (Å²) < 4.78 is 1.91. The molecule has 1 amide bonds. The minimum atomic E-state index is -0.349. The highest BCUT2D eigenvalue weighted by atomic mass is 35.5. The number of carbonyl (C=O) groups excluding carboxylic acids is 1. The fourth-order valence-electron chi connectivity index (χ4n) is 3.45. The van der Waals surface area contributed by atoms with Crippen molar-refractivity contribution in [2.45, 2.75) is 12.5 Å². The second-order valence-corrected chi connectivity index (χ2v) is 7.62. The second kappa shape index (κ2) is 8.97. The van der Waals surface area contributed by atoms with Gasteiger partial charge in [-0.1, -0.05) is 78.3 Å².